The molecule has 2 aromatic rings. The summed E-state index contributed by atoms with van der Waals surface area (Å²) in [6.07, 6.45) is 2.52. The average Bonchev–Trinajstić information content (AvgIpc) is 3.36. The van der Waals surface area contributed by atoms with Crippen LogP contribution in [0.5, 0.6) is 5.75 Å². The highest BCUT2D eigenvalue weighted by molar-refractivity contribution is 5.94. The molecule has 2 aliphatic rings. The first kappa shape index (κ1) is 19.4. The van der Waals surface area contributed by atoms with Gasteiger partial charge in [0.1, 0.15) is 17.5 Å². The molecule has 0 spiro atoms. The summed E-state index contributed by atoms with van der Waals surface area (Å²) in [6.45, 7) is 8.14. The molecule has 0 radical (unpaired) electrons. The van der Waals surface area contributed by atoms with E-state index in [1.54, 1.807) is 19.2 Å². The fraction of sp³-hybridized carbons (Fsp3) is 0.435. The lowest BCUT2D eigenvalue weighted by Gasteiger charge is -2.38. The van der Waals surface area contributed by atoms with E-state index in [2.05, 4.69) is 42.8 Å². The van der Waals surface area contributed by atoms with Gasteiger partial charge in [0.25, 0.3) is 5.91 Å². The fourth-order valence-corrected chi connectivity index (χ4v) is 4.84. The van der Waals surface area contributed by atoms with Crippen molar-refractivity contribution in [3.63, 3.8) is 0 Å². The topological polar surface area (TPSA) is 69.5 Å². The van der Waals surface area contributed by atoms with Crippen LogP contribution in [0.4, 0.5) is 0 Å². The molecule has 2 fully saturated rings. The molecule has 150 valence electrons. The van der Waals surface area contributed by atoms with Crippen molar-refractivity contribution in [3.05, 3.63) is 58.4 Å². The summed E-state index contributed by atoms with van der Waals surface area (Å²) in [5.74, 6) is 0.937. The van der Waals surface area contributed by atoms with Crippen molar-refractivity contribution in [2.75, 3.05) is 20.2 Å². The van der Waals surface area contributed by atoms with Gasteiger partial charge in [0.15, 0.2) is 0 Å². The Morgan fingerprint density at radius 3 is 2.59 bits per heavy atom. The molecule has 1 amide bonds. The van der Waals surface area contributed by atoms with Crippen LogP contribution in [0.15, 0.2) is 30.5 Å². The maximum absolute atomic E-state index is 12.9. The lowest BCUT2D eigenvalue weighted by atomic mass is 9.96. The zero-order valence-electron chi connectivity index (χ0n) is 17.3. The summed E-state index contributed by atoms with van der Waals surface area (Å²) in [6, 6.07) is 10.4. The van der Waals surface area contributed by atoms with Gasteiger partial charge in [-0.15, -0.1) is 0 Å². The standard InChI is InChI=1S/C23H26N4O2/c1-14-15(2)22(29-4)8-7-21(14)16(3)26-12-20-9-19(26)13-27(20)23(28)17-5-6-18(10-24)25-11-17/h5-8,11,16,19-20H,9,12-13H2,1-4H3/t16-,19-,20-/m0/s1. The van der Waals surface area contributed by atoms with Crippen LogP contribution in [0.25, 0.3) is 0 Å². The summed E-state index contributed by atoms with van der Waals surface area (Å²) < 4.78 is 5.45. The Labute approximate surface area is 171 Å². The maximum Gasteiger partial charge on any atom is 0.255 e. The predicted octanol–water partition coefficient (Wildman–Crippen LogP) is 3.24. The number of pyridine rings is 1. The molecular formula is C23H26N4O2. The number of likely N-dealkylation sites (tertiary alicyclic amines) is 2. The number of nitrogens with zero attached hydrogens (tertiary/aromatic N) is 4. The van der Waals surface area contributed by atoms with Crippen LogP contribution in [0.3, 0.4) is 0 Å². The molecular weight excluding hydrogens is 364 g/mol. The Hall–Kier alpha value is -2.91. The van der Waals surface area contributed by atoms with Crippen molar-refractivity contribution in [2.24, 2.45) is 0 Å². The highest BCUT2D eigenvalue weighted by atomic mass is 16.5. The number of methoxy groups -OCH3 is 1. The summed E-state index contributed by atoms with van der Waals surface area (Å²) >= 11 is 0. The normalized spacial score (nSPS) is 21.8. The molecule has 2 bridgehead atoms. The van der Waals surface area contributed by atoms with Crippen molar-refractivity contribution >= 4 is 5.91 Å². The minimum absolute atomic E-state index is 0.0123. The smallest absolute Gasteiger partial charge is 0.255 e. The highest BCUT2D eigenvalue weighted by Gasteiger charge is 2.47. The van der Waals surface area contributed by atoms with Crippen LogP contribution >= 0.6 is 0 Å². The van der Waals surface area contributed by atoms with Crippen molar-refractivity contribution in [3.8, 4) is 11.8 Å². The molecule has 6 nitrogen and oxygen atoms in total. The number of piperazine rings is 1. The third kappa shape index (κ3) is 3.26. The van der Waals surface area contributed by atoms with E-state index < -0.39 is 0 Å². The van der Waals surface area contributed by atoms with Crippen LogP contribution in [-0.2, 0) is 0 Å². The van der Waals surface area contributed by atoms with E-state index in [-0.39, 0.29) is 11.9 Å². The average molecular weight is 390 g/mol. The Balaban J connectivity index is 1.48. The van der Waals surface area contributed by atoms with Crippen LogP contribution in [-0.4, -0.2) is 53.0 Å². The fourth-order valence-electron chi connectivity index (χ4n) is 4.84. The van der Waals surface area contributed by atoms with E-state index in [0.717, 1.165) is 25.3 Å². The maximum atomic E-state index is 12.9. The van der Waals surface area contributed by atoms with Gasteiger partial charge in [0.05, 0.1) is 12.7 Å². The molecule has 4 rings (SSSR count). The van der Waals surface area contributed by atoms with Gasteiger partial charge < -0.3 is 9.64 Å². The largest absolute Gasteiger partial charge is 0.496 e. The van der Waals surface area contributed by atoms with Crippen LogP contribution in [0.2, 0.25) is 0 Å². The minimum Gasteiger partial charge on any atom is -0.496 e. The second-order valence-corrected chi connectivity index (χ2v) is 8.02. The zero-order chi connectivity index (χ0) is 20.7. The molecule has 0 aliphatic carbocycles. The van der Waals surface area contributed by atoms with E-state index in [0.29, 0.717) is 23.3 Å². The Morgan fingerprint density at radius 1 is 1.21 bits per heavy atom. The van der Waals surface area contributed by atoms with Gasteiger partial charge in [-0.25, -0.2) is 4.98 Å². The lowest BCUT2D eigenvalue weighted by Crippen LogP contribution is -2.49. The number of aromatic nitrogens is 1. The minimum atomic E-state index is 0.0123. The number of ether oxygens (including phenoxy) is 1. The number of benzene rings is 1. The van der Waals surface area contributed by atoms with E-state index in [4.69, 9.17) is 10.00 Å². The first-order valence-corrected chi connectivity index (χ1v) is 10.0. The number of fused-ring (bicyclic) bond motifs is 2. The van der Waals surface area contributed by atoms with Crippen LogP contribution in [0.1, 0.15) is 52.1 Å². The van der Waals surface area contributed by atoms with Gasteiger partial charge in [0, 0.05) is 37.4 Å². The zero-order valence-corrected chi connectivity index (χ0v) is 17.3. The number of hydrogen-bond acceptors (Lipinski definition) is 5. The highest BCUT2D eigenvalue weighted by Crippen LogP contribution is 2.39. The van der Waals surface area contributed by atoms with Crippen molar-refractivity contribution in [1.29, 1.82) is 5.26 Å². The molecule has 3 atom stereocenters. The monoisotopic (exact) mass is 390 g/mol. The van der Waals surface area contributed by atoms with E-state index >= 15 is 0 Å². The number of carbonyl (C=O) groups excluding carboxylic acids is 1. The van der Waals surface area contributed by atoms with Gasteiger partial charge in [0.2, 0.25) is 0 Å². The second kappa shape index (κ2) is 7.49. The predicted molar refractivity (Wildman–Crippen MR) is 110 cm³/mol. The lowest BCUT2D eigenvalue weighted by molar-refractivity contribution is 0.0568. The first-order valence-electron chi connectivity index (χ1n) is 10.0. The van der Waals surface area contributed by atoms with E-state index in [9.17, 15) is 4.79 Å². The molecule has 0 unspecified atom stereocenters. The van der Waals surface area contributed by atoms with Crippen molar-refractivity contribution in [1.82, 2.24) is 14.8 Å². The second-order valence-electron chi connectivity index (χ2n) is 8.02. The van der Waals surface area contributed by atoms with Gasteiger partial charge in [-0.05, 0) is 62.1 Å². The van der Waals surface area contributed by atoms with Gasteiger partial charge in [-0.2, -0.15) is 5.26 Å². The van der Waals surface area contributed by atoms with Gasteiger partial charge in [-0.1, -0.05) is 6.07 Å². The summed E-state index contributed by atoms with van der Waals surface area (Å²) in [7, 11) is 1.71. The SMILES string of the molecule is COc1ccc([C@H](C)N2C[C@@H]3C[C@H]2CN3C(=O)c2ccc(C#N)nc2)c(C)c1C. The molecule has 2 aliphatic heterocycles. The molecule has 1 aromatic carbocycles. The Morgan fingerprint density at radius 2 is 2.00 bits per heavy atom. The van der Waals surface area contributed by atoms with Gasteiger partial charge in [-0.3, -0.25) is 9.69 Å². The van der Waals surface area contributed by atoms with Crippen molar-refractivity contribution < 1.29 is 9.53 Å². The third-order valence-electron chi connectivity index (χ3n) is 6.62. The molecule has 3 heterocycles. The summed E-state index contributed by atoms with van der Waals surface area (Å²) in [5, 5.41) is 8.89. The molecule has 2 saturated heterocycles. The Kier molecular flexibility index (Phi) is 5.01. The van der Waals surface area contributed by atoms with Crippen molar-refractivity contribution in [2.45, 2.75) is 45.3 Å². The number of nitriles is 1. The summed E-state index contributed by atoms with van der Waals surface area (Å²) in [4.78, 5) is 21.5. The number of rotatable bonds is 4. The van der Waals surface area contributed by atoms with Gasteiger partial charge >= 0.3 is 0 Å². The number of amides is 1. The summed E-state index contributed by atoms with van der Waals surface area (Å²) in [5.41, 5.74) is 4.67. The van der Waals surface area contributed by atoms with Crippen LogP contribution in [0, 0.1) is 25.2 Å². The third-order valence-corrected chi connectivity index (χ3v) is 6.62. The molecule has 0 saturated carbocycles. The Bertz CT molecular complexity index is 980. The van der Waals surface area contributed by atoms with Crippen LogP contribution < -0.4 is 4.74 Å². The quantitative estimate of drug-likeness (QED) is 0.802. The first-order chi connectivity index (χ1) is 13.9. The molecule has 29 heavy (non-hydrogen) atoms. The molecule has 6 heteroatoms. The van der Waals surface area contributed by atoms with E-state index in [1.165, 1.54) is 22.9 Å². The van der Waals surface area contributed by atoms with E-state index in [1.807, 2.05) is 11.0 Å². The molecule has 1 aromatic heterocycles. The number of carbonyl (C=O) groups is 1. The molecule has 0 N–H and O–H groups in total. The number of hydrogen-bond donors (Lipinski definition) is 0.